The number of hydrogen-bond donors (Lipinski definition) is 3. The fourth-order valence-corrected chi connectivity index (χ4v) is 4.53. The zero-order valence-corrected chi connectivity index (χ0v) is 21.4. The first-order valence-corrected chi connectivity index (χ1v) is 12.4. The number of aromatic amines is 1. The van der Waals surface area contributed by atoms with Crippen molar-refractivity contribution in [1.29, 1.82) is 5.26 Å². The van der Waals surface area contributed by atoms with Crippen LogP contribution in [0.15, 0.2) is 78.0 Å². The minimum Gasteiger partial charge on any atom is -0.488 e. The molecule has 0 saturated heterocycles. The molecule has 0 saturated carbocycles. The van der Waals surface area contributed by atoms with E-state index in [0.29, 0.717) is 33.8 Å². The van der Waals surface area contributed by atoms with Gasteiger partial charge in [-0.3, -0.25) is 9.59 Å². The summed E-state index contributed by atoms with van der Waals surface area (Å²) < 4.78 is 11.6. The molecule has 1 aliphatic heterocycles. The first-order chi connectivity index (χ1) is 19.4. The van der Waals surface area contributed by atoms with Crippen LogP contribution in [0.4, 0.5) is 10.5 Å². The van der Waals surface area contributed by atoms with E-state index in [0.717, 1.165) is 5.39 Å². The number of carbonyl (C=O) groups excluding carboxylic acids is 3. The van der Waals surface area contributed by atoms with Gasteiger partial charge in [0.25, 0.3) is 0 Å². The van der Waals surface area contributed by atoms with Crippen molar-refractivity contribution in [3.05, 3.63) is 89.7 Å². The number of pyridine rings is 1. The third kappa shape index (κ3) is 5.81. The molecular weight excluding hydrogens is 512 g/mol. The minimum atomic E-state index is -1.02. The Morgan fingerprint density at radius 2 is 1.95 bits per heavy atom. The number of aromatic nitrogens is 2. The highest BCUT2D eigenvalue weighted by atomic mass is 16.5. The lowest BCUT2D eigenvalue weighted by molar-refractivity contribution is -0.148. The standard InChI is InChI=1S/C29H24N6O5/c1-17(36)33-20-7-3-8-21(12-20)39-16-24-25(28(37)40-15-19-6-2-5-18(11-19)13-30)26(35-29(38)34-24)23-14-32-27-22(23)9-4-10-31-27/h2-12,14,25-26H,15-16H2,1H3,(H,31,32)(H,33,36)(H,35,38). The topological polar surface area (TPSA) is 159 Å². The zero-order valence-electron chi connectivity index (χ0n) is 21.4. The monoisotopic (exact) mass is 536 g/mol. The fraction of sp³-hybridized carbons (Fsp3) is 0.172. The van der Waals surface area contributed by atoms with E-state index in [1.54, 1.807) is 67.0 Å². The van der Waals surface area contributed by atoms with E-state index in [1.807, 2.05) is 6.07 Å². The summed E-state index contributed by atoms with van der Waals surface area (Å²) in [7, 11) is 0. The van der Waals surface area contributed by atoms with E-state index in [4.69, 9.17) is 9.47 Å². The molecule has 0 aliphatic carbocycles. The lowest BCUT2D eigenvalue weighted by Gasteiger charge is -2.30. The lowest BCUT2D eigenvalue weighted by Crippen LogP contribution is -2.46. The van der Waals surface area contributed by atoms with E-state index in [9.17, 15) is 19.6 Å². The third-order valence-electron chi connectivity index (χ3n) is 6.27. The van der Waals surface area contributed by atoms with E-state index < -0.39 is 24.0 Å². The van der Waals surface area contributed by atoms with Crippen LogP contribution in [0.1, 0.15) is 29.7 Å². The molecular formula is C29H24N6O5. The molecule has 40 heavy (non-hydrogen) atoms. The van der Waals surface area contributed by atoms with Gasteiger partial charge in [0.15, 0.2) is 0 Å². The van der Waals surface area contributed by atoms with Gasteiger partial charge in [0.2, 0.25) is 5.91 Å². The van der Waals surface area contributed by atoms with E-state index >= 15 is 0 Å². The molecule has 200 valence electrons. The molecule has 2 atom stereocenters. The minimum absolute atomic E-state index is 0.0755. The van der Waals surface area contributed by atoms with Crippen molar-refractivity contribution in [1.82, 2.24) is 15.3 Å². The zero-order chi connectivity index (χ0) is 28.1. The van der Waals surface area contributed by atoms with Crippen molar-refractivity contribution < 1.29 is 23.9 Å². The number of nitriles is 1. The number of carbonyl (C=O) groups is 3. The highest BCUT2D eigenvalue weighted by molar-refractivity contribution is 6.10. The molecule has 5 rings (SSSR count). The Bertz CT molecular complexity index is 1670. The first kappa shape index (κ1) is 26.1. The Hall–Kier alpha value is -5.50. The molecule has 11 nitrogen and oxygen atoms in total. The molecule has 2 unspecified atom stereocenters. The van der Waals surface area contributed by atoms with Crippen LogP contribution in [0.3, 0.4) is 0 Å². The average Bonchev–Trinajstić information content (AvgIpc) is 3.38. The summed E-state index contributed by atoms with van der Waals surface area (Å²) in [5, 5.41) is 15.4. The Labute approximate surface area is 228 Å². The van der Waals surface area contributed by atoms with Crippen LogP contribution < -0.4 is 15.4 Å². The van der Waals surface area contributed by atoms with Crippen molar-refractivity contribution in [3.63, 3.8) is 0 Å². The van der Waals surface area contributed by atoms with Gasteiger partial charge in [-0.25, -0.2) is 9.78 Å². The number of urea groups is 1. The number of amides is 3. The number of rotatable bonds is 8. The summed E-state index contributed by atoms with van der Waals surface area (Å²) in [5.74, 6) is -1.47. The summed E-state index contributed by atoms with van der Waals surface area (Å²) in [4.78, 5) is 49.2. The Morgan fingerprint density at radius 3 is 2.77 bits per heavy atom. The van der Waals surface area contributed by atoms with E-state index in [2.05, 4.69) is 31.7 Å². The molecule has 2 aromatic carbocycles. The van der Waals surface area contributed by atoms with Crippen LogP contribution in [-0.4, -0.2) is 40.2 Å². The summed E-state index contributed by atoms with van der Waals surface area (Å²) in [6.07, 6.45) is 3.33. The van der Waals surface area contributed by atoms with Gasteiger partial charge in [-0.2, -0.15) is 10.3 Å². The van der Waals surface area contributed by atoms with Crippen LogP contribution in [0.25, 0.3) is 11.0 Å². The maximum absolute atomic E-state index is 13.6. The molecule has 3 heterocycles. The van der Waals surface area contributed by atoms with Gasteiger partial charge in [-0.05, 0) is 42.0 Å². The van der Waals surface area contributed by atoms with Crippen LogP contribution in [-0.2, 0) is 20.9 Å². The number of nitrogens with one attached hydrogen (secondary N) is 3. The van der Waals surface area contributed by atoms with Gasteiger partial charge in [0, 0.05) is 42.0 Å². The summed E-state index contributed by atoms with van der Waals surface area (Å²) in [6, 6.07) is 17.7. The molecule has 0 bridgehead atoms. The molecule has 2 aromatic heterocycles. The second-order valence-electron chi connectivity index (χ2n) is 9.07. The molecule has 1 aliphatic rings. The second kappa shape index (κ2) is 11.5. The van der Waals surface area contributed by atoms with Gasteiger partial charge in [-0.1, -0.05) is 18.2 Å². The lowest BCUT2D eigenvalue weighted by atomic mass is 9.88. The average molecular weight is 537 g/mol. The molecule has 3 N–H and O–H groups in total. The van der Waals surface area contributed by atoms with Crippen molar-refractivity contribution in [2.75, 3.05) is 11.9 Å². The van der Waals surface area contributed by atoms with Gasteiger partial charge < -0.3 is 25.1 Å². The number of benzene rings is 2. The maximum atomic E-state index is 13.6. The summed E-state index contributed by atoms with van der Waals surface area (Å²) in [5.41, 5.74) is 3.04. The van der Waals surface area contributed by atoms with Crippen molar-refractivity contribution in [2.45, 2.75) is 19.6 Å². The third-order valence-corrected chi connectivity index (χ3v) is 6.27. The number of anilines is 1. The van der Waals surface area contributed by atoms with Crippen molar-refractivity contribution in [3.8, 4) is 11.8 Å². The van der Waals surface area contributed by atoms with Crippen LogP contribution >= 0.6 is 0 Å². The van der Waals surface area contributed by atoms with Crippen LogP contribution in [0.2, 0.25) is 0 Å². The molecule has 0 radical (unpaired) electrons. The number of H-pyrrole nitrogens is 1. The first-order valence-electron chi connectivity index (χ1n) is 12.4. The van der Waals surface area contributed by atoms with Gasteiger partial charge >= 0.3 is 12.0 Å². The van der Waals surface area contributed by atoms with Crippen molar-refractivity contribution in [2.24, 2.45) is 10.9 Å². The quantitative estimate of drug-likeness (QED) is 0.287. The number of esters is 1. The highest BCUT2D eigenvalue weighted by Gasteiger charge is 2.41. The second-order valence-corrected chi connectivity index (χ2v) is 9.07. The van der Waals surface area contributed by atoms with Crippen LogP contribution in [0.5, 0.6) is 5.75 Å². The van der Waals surface area contributed by atoms with Gasteiger partial charge in [-0.15, -0.1) is 0 Å². The fourth-order valence-electron chi connectivity index (χ4n) is 4.53. The molecule has 0 fully saturated rings. The molecule has 4 aromatic rings. The van der Waals surface area contributed by atoms with Crippen molar-refractivity contribution >= 4 is 40.3 Å². The normalized spacial score (nSPS) is 16.4. The SMILES string of the molecule is CC(=O)Nc1cccc(OCC2=NC(=O)NC(c3c[nH]c4ncccc34)C2C(=O)OCc2cccc(C#N)c2)c1. The predicted molar refractivity (Wildman–Crippen MR) is 145 cm³/mol. The highest BCUT2D eigenvalue weighted by Crippen LogP contribution is 2.33. The number of aliphatic imine (C=N–C) groups is 1. The number of hydrogen-bond acceptors (Lipinski definition) is 7. The largest absolute Gasteiger partial charge is 0.488 e. The number of fused-ring (bicyclic) bond motifs is 1. The number of ether oxygens (including phenoxy) is 2. The maximum Gasteiger partial charge on any atom is 0.341 e. The molecule has 0 spiro atoms. The smallest absolute Gasteiger partial charge is 0.341 e. The Balaban J connectivity index is 1.44. The molecule has 3 amide bonds. The van der Waals surface area contributed by atoms with Gasteiger partial charge in [0.05, 0.1) is 23.4 Å². The molecule has 11 heteroatoms. The van der Waals surface area contributed by atoms with Crippen LogP contribution in [0, 0.1) is 17.2 Å². The van der Waals surface area contributed by atoms with E-state index in [1.165, 1.54) is 6.92 Å². The summed E-state index contributed by atoms with van der Waals surface area (Å²) in [6.45, 7) is 1.14. The number of nitrogens with zero attached hydrogens (tertiary/aromatic N) is 3. The Kier molecular flexibility index (Phi) is 7.50. The summed E-state index contributed by atoms with van der Waals surface area (Å²) >= 11 is 0. The van der Waals surface area contributed by atoms with E-state index in [-0.39, 0.29) is 24.8 Å². The predicted octanol–water partition coefficient (Wildman–Crippen LogP) is 4.04. The Morgan fingerprint density at radius 1 is 1.10 bits per heavy atom. The van der Waals surface area contributed by atoms with Gasteiger partial charge in [0.1, 0.15) is 30.5 Å².